The zero-order valence-electron chi connectivity index (χ0n) is 13.6. The fourth-order valence-electron chi connectivity index (χ4n) is 2.19. The predicted molar refractivity (Wildman–Crippen MR) is 91.9 cm³/mol. The normalized spacial score (nSPS) is 11.6. The Labute approximate surface area is 136 Å². The van der Waals surface area contributed by atoms with Gasteiger partial charge in [0.05, 0.1) is 12.8 Å². The topological polar surface area (TPSA) is 73.6 Å². The third-order valence-corrected chi connectivity index (χ3v) is 3.51. The number of methoxy groups -OCH3 is 1. The van der Waals surface area contributed by atoms with Gasteiger partial charge in [-0.15, -0.1) is 0 Å². The van der Waals surface area contributed by atoms with Crippen molar-refractivity contribution in [1.29, 1.82) is 0 Å². The molecule has 0 aliphatic rings. The smallest absolute Gasteiger partial charge is 0.265 e. The molecule has 0 aromatic heterocycles. The second-order valence-electron chi connectivity index (χ2n) is 5.23. The Hall–Kier alpha value is -2.69. The highest BCUT2D eigenvalue weighted by Gasteiger charge is 2.20. The molecule has 0 saturated carbocycles. The van der Waals surface area contributed by atoms with Gasteiger partial charge in [0.25, 0.3) is 5.91 Å². The van der Waals surface area contributed by atoms with E-state index in [4.69, 9.17) is 15.2 Å². The van der Waals surface area contributed by atoms with E-state index in [1.807, 2.05) is 38.1 Å². The van der Waals surface area contributed by atoms with Crippen molar-refractivity contribution in [3.8, 4) is 11.5 Å². The quantitative estimate of drug-likeness (QED) is 0.802. The SMILES string of the molecule is CCC(Oc1ccccc1C)C(=O)Nc1ccc(N)cc1OC. The zero-order valence-corrected chi connectivity index (χ0v) is 13.6. The first-order valence-electron chi connectivity index (χ1n) is 7.51. The minimum absolute atomic E-state index is 0.223. The molecule has 1 amide bonds. The molecule has 2 rings (SSSR count). The van der Waals surface area contributed by atoms with E-state index in [2.05, 4.69) is 5.32 Å². The van der Waals surface area contributed by atoms with Crippen LogP contribution in [-0.2, 0) is 4.79 Å². The molecule has 2 aromatic rings. The Kier molecular flexibility index (Phi) is 5.46. The molecule has 1 unspecified atom stereocenters. The lowest BCUT2D eigenvalue weighted by Gasteiger charge is -2.19. The molecule has 0 aliphatic carbocycles. The van der Waals surface area contributed by atoms with Crippen LogP contribution in [0.3, 0.4) is 0 Å². The Balaban J connectivity index is 2.13. The number of carbonyl (C=O) groups is 1. The first-order valence-corrected chi connectivity index (χ1v) is 7.51. The van der Waals surface area contributed by atoms with Crippen molar-refractivity contribution in [2.45, 2.75) is 26.4 Å². The minimum atomic E-state index is -0.585. The standard InChI is InChI=1S/C18H22N2O3/c1-4-15(23-16-8-6-5-7-12(16)2)18(21)20-14-10-9-13(19)11-17(14)22-3/h5-11,15H,4,19H2,1-3H3,(H,20,21). The lowest BCUT2D eigenvalue weighted by Crippen LogP contribution is -2.32. The number of rotatable bonds is 6. The molecule has 122 valence electrons. The molecule has 0 aliphatic heterocycles. The molecule has 2 aromatic carbocycles. The van der Waals surface area contributed by atoms with Crippen LogP contribution in [0, 0.1) is 6.92 Å². The van der Waals surface area contributed by atoms with Crippen molar-refractivity contribution in [3.63, 3.8) is 0 Å². The van der Waals surface area contributed by atoms with Crippen LogP contribution in [-0.4, -0.2) is 19.1 Å². The van der Waals surface area contributed by atoms with Crippen LogP contribution in [0.5, 0.6) is 11.5 Å². The second-order valence-corrected chi connectivity index (χ2v) is 5.23. The van der Waals surface area contributed by atoms with Gasteiger partial charge < -0.3 is 20.5 Å². The summed E-state index contributed by atoms with van der Waals surface area (Å²) in [6, 6.07) is 12.7. The fraction of sp³-hybridized carbons (Fsp3) is 0.278. The van der Waals surface area contributed by atoms with Gasteiger partial charge >= 0.3 is 0 Å². The minimum Gasteiger partial charge on any atom is -0.494 e. The van der Waals surface area contributed by atoms with Gasteiger partial charge in [-0.1, -0.05) is 25.1 Å². The van der Waals surface area contributed by atoms with Gasteiger partial charge in [0.1, 0.15) is 11.5 Å². The highest BCUT2D eigenvalue weighted by Crippen LogP contribution is 2.27. The summed E-state index contributed by atoms with van der Waals surface area (Å²) >= 11 is 0. The molecule has 0 heterocycles. The molecule has 1 atom stereocenters. The molecule has 0 saturated heterocycles. The van der Waals surface area contributed by atoms with Crippen LogP contribution < -0.4 is 20.5 Å². The number of para-hydroxylation sites is 1. The molecule has 0 fully saturated rings. The molecule has 0 spiro atoms. The van der Waals surface area contributed by atoms with E-state index in [9.17, 15) is 4.79 Å². The van der Waals surface area contributed by atoms with Crippen LogP contribution in [0.15, 0.2) is 42.5 Å². The number of nitrogens with one attached hydrogen (secondary N) is 1. The summed E-state index contributed by atoms with van der Waals surface area (Å²) in [6.45, 7) is 3.85. The largest absolute Gasteiger partial charge is 0.494 e. The van der Waals surface area contributed by atoms with E-state index in [0.29, 0.717) is 29.3 Å². The molecular weight excluding hydrogens is 292 g/mol. The monoisotopic (exact) mass is 314 g/mol. The maximum atomic E-state index is 12.5. The number of carbonyl (C=O) groups excluding carboxylic acids is 1. The summed E-state index contributed by atoms with van der Waals surface area (Å²) in [7, 11) is 1.53. The van der Waals surface area contributed by atoms with E-state index in [1.54, 1.807) is 18.2 Å². The molecular formula is C18H22N2O3. The highest BCUT2D eigenvalue weighted by molar-refractivity contribution is 5.96. The number of aryl methyl sites for hydroxylation is 1. The van der Waals surface area contributed by atoms with E-state index in [0.717, 1.165) is 5.56 Å². The number of hydrogen-bond acceptors (Lipinski definition) is 4. The maximum Gasteiger partial charge on any atom is 0.265 e. The zero-order chi connectivity index (χ0) is 16.8. The maximum absolute atomic E-state index is 12.5. The third-order valence-electron chi connectivity index (χ3n) is 3.51. The number of ether oxygens (including phenoxy) is 2. The molecule has 0 radical (unpaired) electrons. The van der Waals surface area contributed by atoms with Crippen molar-refractivity contribution in [2.24, 2.45) is 0 Å². The van der Waals surface area contributed by atoms with E-state index in [-0.39, 0.29) is 5.91 Å². The third kappa shape index (κ3) is 4.16. The number of amides is 1. The Morgan fingerprint density at radius 1 is 1.22 bits per heavy atom. The predicted octanol–water partition coefficient (Wildman–Crippen LogP) is 3.38. The van der Waals surface area contributed by atoms with Crippen LogP contribution >= 0.6 is 0 Å². The average molecular weight is 314 g/mol. The van der Waals surface area contributed by atoms with Crippen LogP contribution in [0.2, 0.25) is 0 Å². The van der Waals surface area contributed by atoms with Crippen molar-refractivity contribution in [3.05, 3.63) is 48.0 Å². The van der Waals surface area contributed by atoms with Crippen LogP contribution in [0.1, 0.15) is 18.9 Å². The number of nitrogens with two attached hydrogens (primary N) is 1. The van der Waals surface area contributed by atoms with E-state index >= 15 is 0 Å². The van der Waals surface area contributed by atoms with E-state index < -0.39 is 6.10 Å². The fourth-order valence-corrected chi connectivity index (χ4v) is 2.19. The highest BCUT2D eigenvalue weighted by atomic mass is 16.5. The molecule has 3 N–H and O–H groups in total. The summed E-state index contributed by atoms with van der Waals surface area (Å²) < 4.78 is 11.1. The molecule has 5 heteroatoms. The van der Waals surface area contributed by atoms with Gasteiger partial charge in [0.15, 0.2) is 6.10 Å². The summed E-state index contributed by atoms with van der Waals surface area (Å²) in [4.78, 5) is 12.5. The summed E-state index contributed by atoms with van der Waals surface area (Å²) in [6.07, 6.45) is -0.0318. The lowest BCUT2D eigenvalue weighted by atomic mass is 10.2. The van der Waals surface area contributed by atoms with Gasteiger partial charge in [0.2, 0.25) is 0 Å². The average Bonchev–Trinajstić information content (AvgIpc) is 2.55. The van der Waals surface area contributed by atoms with Gasteiger partial charge in [-0.2, -0.15) is 0 Å². The summed E-state index contributed by atoms with van der Waals surface area (Å²) in [5, 5.41) is 2.83. The van der Waals surface area contributed by atoms with Crippen molar-refractivity contribution >= 4 is 17.3 Å². The Morgan fingerprint density at radius 2 is 1.96 bits per heavy atom. The number of hydrogen-bond donors (Lipinski definition) is 2. The Bertz CT molecular complexity index is 686. The Morgan fingerprint density at radius 3 is 2.61 bits per heavy atom. The first kappa shape index (κ1) is 16.7. The number of benzene rings is 2. The van der Waals surface area contributed by atoms with Gasteiger partial charge in [0, 0.05) is 11.8 Å². The number of nitrogen functional groups attached to an aromatic ring is 1. The second kappa shape index (κ2) is 7.54. The molecule has 23 heavy (non-hydrogen) atoms. The van der Waals surface area contributed by atoms with Crippen molar-refractivity contribution < 1.29 is 14.3 Å². The summed E-state index contributed by atoms with van der Waals surface area (Å²) in [5.74, 6) is 1.00. The number of anilines is 2. The lowest BCUT2D eigenvalue weighted by molar-refractivity contribution is -0.122. The van der Waals surface area contributed by atoms with Gasteiger partial charge in [-0.25, -0.2) is 0 Å². The van der Waals surface area contributed by atoms with Crippen molar-refractivity contribution in [1.82, 2.24) is 0 Å². The van der Waals surface area contributed by atoms with E-state index in [1.165, 1.54) is 7.11 Å². The van der Waals surface area contributed by atoms with Crippen LogP contribution in [0.4, 0.5) is 11.4 Å². The first-order chi connectivity index (χ1) is 11.0. The molecule has 0 bridgehead atoms. The van der Waals surface area contributed by atoms with Crippen molar-refractivity contribution in [2.75, 3.05) is 18.2 Å². The van der Waals surface area contributed by atoms with Gasteiger partial charge in [-0.05, 0) is 37.1 Å². The van der Waals surface area contributed by atoms with Crippen LogP contribution in [0.25, 0.3) is 0 Å². The van der Waals surface area contributed by atoms with Gasteiger partial charge in [-0.3, -0.25) is 4.79 Å². The summed E-state index contributed by atoms with van der Waals surface area (Å²) in [5.41, 5.74) is 7.85. The molecule has 5 nitrogen and oxygen atoms in total.